The van der Waals surface area contributed by atoms with Gasteiger partial charge in [0.05, 0.1) is 19.2 Å². The molecule has 4 aromatic heterocycles. The van der Waals surface area contributed by atoms with E-state index < -0.39 is 0 Å². The molecule has 0 N–H and O–H groups in total. The topological polar surface area (TPSA) is 39.5 Å². The van der Waals surface area contributed by atoms with Gasteiger partial charge in [0.2, 0.25) is 11.3 Å². The minimum absolute atomic E-state index is 0.834. The van der Waals surface area contributed by atoms with E-state index in [1.807, 2.05) is 30.7 Å². The van der Waals surface area contributed by atoms with E-state index in [9.17, 15) is 0 Å². The highest BCUT2D eigenvalue weighted by Crippen LogP contribution is 2.37. The van der Waals surface area contributed by atoms with Crippen LogP contribution in [0.25, 0.3) is 39.3 Å². The minimum atomic E-state index is 0.834. The zero-order valence-corrected chi connectivity index (χ0v) is 14.3. The Labute approximate surface area is 149 Å². The van der Waals surface area contributed by atoms with Crippen LogP contribution in [0.3, 0.4) is 0 Å². The summed E-state index contributed by atoms with van der Waals surface area (Å²) in [6.07, 6.45) is 5.71. The Morgan fingerprint density at radius 1 is 1.00 bits per heavy atom. The van der Waals surface area contributed by atoms with Crippen LogP contribution < -0.4 is 4.57 Å². The molecule has 124 valence electrons. The van der Waals surface area contributed by atoms with Gasteiger partial charge >= 0.3 is 0 Å². The average molecular weight is 338 g/mol. The van der Waals surface area contributed by atoms with Gasteiger partial charge in [0.15, 0.2) is 0 Å². The summed E-state index contributed by atoms with van der Waals surface area (Å²) in [6, 6.07) is 16.8. The van der Waals surface area contributed by atoms with E-state index in [0.29, 0.717) is 0 Å². The number of nitrogens with zero attached hydrogens (tertiary/aromatic N) is 5. The van der Waals surface area contributed by atoms with Crippen molar-refractivity contribution in [3.8, 4) is 17.1 Å². The van der Waals surface area contributed by atoms with Gasteiger partial charge in [-0.2, -0.15) is 0 Å². The van der Waals surface area contributed by atoms with Crippen LogP contribution in [-0.2, 0) is 13.6 Å². The van der Waals surface area contributed by atoms with Crippen LogP contribution in [0.15, 0.2) is 67.1 Å². The molecule has 1 aliphatic rings. The molecule has 0 radical (unpaired) electrons. The van der Waals surface area contributed by atoms with Crippen molar-refractivity contribution in [3.63, 3.8) is 0 Å². The third-order valence-electron chi connectivity index (χ3n) is 5.32. The SMILES string of the molecule is C[n+]1c2n(c3c4ncccc4n(-c4ccccc4)c31)Cc1cnccc1-2. The number of hydrogen-bond acceptors (Lipinski definition) is 2. The van der Waals surface area contributed by atoms with Crippen LogP contribution in [0.2, 0.25) is 0 Å². The molecule has 1 aliphatic heterocycles. The third kappa shape index (κ3) is 1.57. The van der Waals surface area contributed by atoms with Crippen molar-refractivity contribution in [3.05, 3.63) is 72.7 Å². The summed E-state index contributed by atoms with van der Waals surface area (Å²) in [5, 5.41) is 0. The van der Waals surface area contributed by atoms with Crippen molar-refractivity contribution < 1.29 is 4.57 Å². The lowest BCUT2D eigenvalue weighted by Gasteiger charge is -2.03. The van der Waals surface area contributed by atoms with Crippen LogP contribution in [0, 0.1) is 0 Å². The molecule has 5 heteroatoms. The molecule has 1 aromatic carbocycles. The van der Waals surface area contributed by atoms with Crippen LogP contribution in [0.1, 0.15) is 5.56 Å². The van der Waals surface area contributed by atoms with Gasteiger partial charge in [-0.3, -0.25) is 4.98 Å². The monoisotopic (exact) mass is 338 g/mol. The number of aryl methyl sites for hydroxylation is 1. The third-order valence-corrected chi connectivity index (χ3v) is 5.32. The standard InChI is InChI=1S/C21H16N5/c1-24-20-16-9-11-22-12-14(16)13-25(20)19-18-17(8-5-10-23-18)26(21(19)24)15-6-3-2-4-7-15/h2-12H,13H2,1H3/q+1. The van der Waals surface area contributed by atoms with Gasteiger partial charge in [-0.05, 0) is 30.3 Å². The lowest BCUT2D eigenvalue weighted by atomic mass is 10.2. The first-order chi connectivity index (χ1) is 12.8. The fraction of sp³-hybridized carbons (Fsp3) is 0.0952. The Morgan fingerprint density at radius 2 is 1.88 bits per heavy atom. The molecule has 5 aromatic rings. The second-order valence-electron chi connectivity index (χ2n) is 6.72. The normalized spacial score (nSPS) is 12.7. The summed E-state index contributed by atoms with van der Waals surface area (Å²) in [6.45, 7) is 0.834. The number of imidazole rings is 1. The first kappa shape index (κ1) is 13.8. The molecule has 0 fully saturated rings. The molecule has 0 atom stereocenters. The number of rotatable bonds is 1. The predicted molar refractivity (Wildman–Crippen MR) is 100 cm³/mol. The number of para-hydroxylation sites is 1. The lowest BCUT2D eigenvalue weighted by Crippen LogP contribution is -2.31. The van der Waals surface area contributed by atoms with Crippen molar-refractivity contribution in [2.75, 3.05) is 0 Å². The fourth-order valence-corrected chi connectivity index (χ4v) is 4.29. The summed E-state index contributed by atoms with van der Waals surface area (Å²) in [4.78, 5) is 9.04. The zero-order chi connectivity index (χ0) is 17.3. The molecule has 26 heavy (non-hydrogen) atoms. The summed E-state index contributed by atoms with van der Waals surface area (Å²) in [5.74, 6) is 1.21. The zero-order valence-electron chi connectivity index (χ0n) is 14.3. The van der Waals surface area contributed by atoms with Gasteiger partial charge in [-0.25, -0.2) is 18.7 Å². The minimum Gasteiger partial charge on any atom is -0.264 e. The average Bonchev–Trinajstić information content (AvgIpc) is 3.31. The Morgan fingerprint density at radius 3 is 2.77 bits per heavy atom. The van der Waals surface area contributed by atoms with E-state index in [4.69, 9.17) is 4.98 Å². The second-order valence-corrected chi connectivity index (χ2v) is 6.72. The quantitative estimate of drug-likeness (QED) is 0.432. The molecular weight excluding hydrogens is 322 g/mol. The molecule has 0 saturated carbocycles. The van der Waals surface area contributed by atoms with Crippen molar-refractivity contribution in [2.45, 2.75) is 6.54 Å². The van der Waals surface area contributed by atoms with Crippen molar-refractivity contribution >= 4 is 22.2 Å². The molecule has 0 unspecified atom stereocenters. The molecular formula is C21H16N5+. The second kappa shape index (κ2) is 4.79. The fourth-order valence-electron chi connectivity index (χ4n) is 4.29. The Balaban J connectivity index is 1.83. The number of hydrogen-bond donors (Lipinski definition) is 0. The molecule has 0 amide bonds. The van der Waals surface area contributed by atoms with Crippen molar-refractivity contribution in [1.29, 1.82) is 0 Å². The van der Waals surface area contributed by atoms with Crippen molar-refractivity contribution in [1.82, 2.24) is 19.1 Å². The summed E-state index contributed by atoms with van der Waals surface area (Å²) in [5.41, 5.74) is 8.17. The Hall–Kier alpha value is -3.47. The summed E-state index contributed by atoms with van der Waals surface area (Å²) in [7, 11) is 2.14. The van der Waals surface area contributed by atoms with E-state index in [2.05, 4.69) is 62.1 Å². The predicted octanol–water partition coefficient (Wildman–Crippen LogP) is 3.23. The maximum absolute atomic E-state index is 4.74. The Kier molecular flexibility index (Phi) is 2.54. The highest BCUT2D eigenvalue weighted by molar-refractivity contribution is 6.03. The maximum atomic E-state index is 4.74. The van der Waals surface area contributed by atoms with Gasteiger partial charge < -0.3 is 0 Å². The molecule has 6 rings (SSSR count). The molecule has 5 nitrogen and oxygen atoms in total. The van der Waals surface area contributed by atoms with Gasteiger partial charge in [-0.1, -0.05) is 18.2 Å². The smallest absolute Gasteiger partial charge is 0.264 e. The molecule has 0 aliphatic carbocycles. The summed E-state index contributed by atoms with van der Waals surface area (Å²) >= 11 is 0. The van der Waals surface area contributed by atoms with Gasteiger partial charge in [0.25, 0.3) is 5.65 Å². The van der Waals surface area contributed by atoms with E-state index in [0.717, 1.165) is 23.3 Å². The molecule has 0 spiro atoms. The molecule has 0 bridgehead atoms. The van der Waals surface area contributed by atoms with E-state index in [1.165, 1.54) is 28.1 Å². The highest BCUT2D eigenvalue weighted by Gasteiger charge is 2.35. The van der Waals surface area contributed by atoms with Crippen molar-refractivity contribution in [2.24, 2.45) is 7.05 Å². The lowest BCUT2D eigenvalue weighted by molar-refractivity contribution is -0.636. The first-order valence-corrected chi connectivity index (χ1v) is 8.71. The first-order valence-electron chi connectivity index (χ1n) is 8.71. The van der Waals surface area contributed by atoms with Crippen LogP contribution in [-0.4, -0.2) is 19.1 Å². The van der Waals surface area contributed by atoms with E-state index >= 15 is 0 Å². The van der Waals surface area contributed by atoms with Crippen LogP contribution in [0.5, 0.6) is 0 Å². The van der Waals surface area contributed by atoms with E-state index in [1.54, 1.807) is 0 Å². The molecule has 5 heterocycles. The van der Waals surface area contributed by atoms with Crippen LogP contribution in [0.4, 0.5) is 0 Å². The van der Waals surface area contributed by atoms with E-state index in [-0.39, 0.29) is 0 Å². The highest BCUT2D eigenvalue weighted by atomic mass is 15.2. The van der Waals surface area contributed by atoms with Crippen LogP contribution >= 0.6 is 0 Å². The largest absolute Gasteiger partial charge is 0.276 e. The van der Waals surface area contributed by atoms with Gasteiger partial charge in [-0.15, -0.1) is 0 Å². The number of benzene rings is 1. The summed E-state index contributed by atoms with van der Waals surface area (Å²) < 4.78 is 6.97. The molecule has 0 saturated heterocycles. The number of pyridine rings is 2. The maximum Gasteiger partial charge on any atom is 0.276 e. The Bertz CT molecular complexity index is 1310. The number of fused-ring (bicyclic) bond motifs is 7. The van der Waals surface area contributed by atoms with Gasteiger partial charge in [0.1, 0.15) is 16.7 Å². The van der Waals surface area contributed by atoms with Gasteiger partial charge in [0, 0.05) is 24.2 Å². The number of aromatic nitrogens is 5.